The normalized spacial score (nSPS) is 14.5. The Morgan fingerprint density at radius 1 is 1.00 bits per heavy atom. The maximum Gasteiger partial charge on any atom is 0.387 e. The first-order valence-electron chi connectivity index (χ1n) is 9.08. The summed E-state index contributed by atoms with van der Waals surface area (Å²) in [6.45, 7) is -1.13. The fourth-order valence-electron chi connectivity index (χ4n) is 3.06. The van der Waals surface area contributed by atoms with Gasteiger partial charge in [0.2, 0.25) is 0 Å². The highest BCUT2D eigenvalue weighted by atomic mass is 35.5. The van der Waals surface area contributed by atoms with Crippen LogP contribution in [0.1, 0.15) is 16.8 Å². The molecule has 2 aromatic rings. The topological polar surface area (TPSA) is 61.9 Å². The van der Waals surface area contributed by atoms with Crippen LogP contribution in [0.5, 0.6) is 5.75 Å². The number of hydrogen-bond acceptors (Lipinski definition) is 3. The Kier molecular flexibility index (Phi) is 6.87. The van der Waals surface area contributed by atoms with Crippen molar-refractivity contribution in [1.82, 2.24) is 9.80 Å². The Balaban J connectivity index is 1.58. The van der Waals surface area contributed by atoms with Crippen LogP contribution in [0.3, 0.4) is 0 Å². The summed E-state index contributed by atoms with van der Waals surface area (Å²) in [5, 5.41) is 2.66. The van der Waals surface area contributed by atoms with Crippen LogP contribution in [0.2, 0.25) is 5.02 Å². The van der Waals surface area contributed by atoms with Crippen LogP contribution < -0.4 is 10.1 Å². The minimum absolute atomic E-state index is 0.0291. The van der Waals surface area contributed by atoms with Crippen molar-refractivity contribution in [3.05, 3.63) is 59.1 Å². The molecule has 0 radical (unpaired) electrons. The van der Waals surface area contributed by atoms with E-state index in [-0.39, 0.29) is 22.7 Å². The molecule has 0 saturated carbocycles. The van der Waals surface area contributed by atoms with Crippen molar-refractivity contribution in [3.8, 4) is 5.75 Å². The minimum atomic E-state index is -2.98. The number of alkyl halides is 2. The number of amides is 3. The first kappa shape index (κ1) is 20.9. The van der Waals surface area contributed by atoms with E-state index >= 15 is 0 Å². The van der Waals surface area contributed by atoms with E-state index in [0.717, 1.165) is 0 Å². The Morgan fingerprint density at radius 2 is 1.69 bits per heavy atom. The number of carbonyl (C=O) groups is 2. The van der Waals surface area contributed by atoms with Crippen LogP contribution >= 0.6 is 11.6 Å². The maximum absolute atomic E-state index is 12.6. The summed E-state index contributed by atoms with van der Waals surface area (Å²) in [5.74, 6) is -0.223. The van der Waals surface area contributed by atoms with Gasteiger partial charge in [0.1, 0.15) is 5.75 Å². The predicted molar refractivity (Wildman–Crippen MR) is 106 cm³/mol. The number of carbonyl (C=O) groups excluding carboxylic acids is 2. The molecule has 3 amide bonds. The van der Waals surface area contributed by atoms with Crippen molar-refractivity contribution >= 4 is 29.2 Å². The lowest BCUT2D eigenvalue weighted by molar-refractivity contribution is -0.0497. The number of hydrogen-bond donors (Lipinski definition) is 1. The number of halogens is 3. The van der Waals surface area contributed by atoms with Crippen molar-refractivity contribution < 1.29 is 23.1 Å². The van der Waals surface area contributed by atoms with Gasteiger partial charge in [-0.25, -0.2) is 4.79 Å². The summed E-state index contributed by atoms with van der Waals surface area (Å²) in [6, 6.07) is 12.7. The number of benzene rings is 2. The average Bonchev–Trinajstić information content (AvgIpc) is 2.96. The molecule has 0 bridgehead atoms. The smallest absolute Gasteiger partial charge is 0.387 e. The second kappa shape index (κ2) is 9.56. The lowest BCUT2D eigenvalue weighted by Crippen LogP contribution is -2.39. The quantitative estimate of drug-likeness (QED) is 0.796. The lowest BCUT2D eigenvalue weighted by Gasteiger charge is -2.22. The first-order valence-corrected chi connectivity index (χ1v) is 9.46. The molecule has 1 heterocycles. The molecule has 0 aromatic heterocycles. The molecule has 0 spiro atoms. The van der Waals surface area contributed by atoms with Gasteiger partial charge in [-0.2, -0.15) is 8.78 Å². The van der Waals surface area contributed by atoms with Crippen LogP contribution in [0.4, 0.5) is 19.3 Å². The molecule has 1 fully saturated rings. The maximum atomic E-state index is 12.6. The third-order valence-corrected chi connectivity index (χ3v) is 4.79. The summed E-state index contributed by atoms with van der Waals surface area (Å²) in [7, 11) is 0. The van der Waals surface area contributed by atoms with E-state index in [1.165, 1.54) is 18.2 Å². The molecule has 1 aliphatic heterocycles. The molecule has 9 heteroatoms. The molecule has 1 saturated heterocycles. The van der Waals surface area contributed by atoms with Gasteiger partial charge in [-0.05, 0) is 36.8 Å². The molecule has 6 nitrogen and oxygen atoms in total. The van der Waals surface area contributed by atoms with E-state index in [2.05, 4.69) is 10.1 Å². The van der Waals surface area contributed by atoms with Gasteiger partial charge in [0, 0.05) is 37.4 Å². The summed E-state index contributed by atoms with van der Waals surface area (Å²) < 4.78 is 28.9. The van der Waals surface area contributed by atoms with Crippen LogP contribution in [0, 0.1) is 0 Å². The van der Waals surface area contributed by atoms with Crippen LogP contribution in [-0.2, 0) is 0 Å². The fourth-order valence-corrected chi connectivity index (χ4v) is 3.28. The molecule has 0 aliphatic carbocycles. The highest BCUT2D eigenvalue weighted by Crippen LogP contribution is 2.29. The SMILES string of the molecule is O=C(Nc1ccc(OC(F)F)c(Cl)c1)N1CCCN(C(=O)c2ccccc2)CC1. The molecule has 1 N–H and O–H groups in total. The monoisotopic (exact) mass is 423 g/mol. The van der Waals surface area contributed by atoms with Crippen LogP contribution in [-0.4, -0.2) is 54.5 Å². The van der Waals surface area contributed by atoms with Crippen LogP contribution in [0.25, 0.3) is 0 Å². The van der Waals surface area contributed by atoms with Gasteiger partial charge in [-0.3, -0.25) is 4.79 Å². The third kappa shape index (κ3) is 5.57. The standard InChI is InChI=1S/C20H20ClF2N3O3/c21-16-13-15(7-8-17(16)29-19(22)23)24-20(28)26-10-4-9-25(11-12-26)18(27)14-5-2-1-3-6-14/h1-3,5-8,13,19H,4,9-12H2,(H,24,28). The molecular weight excluding hydrogens is 404 g/mol. The zero-order chi connectivity index (χ0) is 20.8. The molecule has 2 aromatic carbocycles. The summed E-state index contributed by atoms with van der Waals surface area (Å²) in [5.41, 5.74) is 0.981. The minimum Gasteiger partial charge on any atom is -0.433 e. The van der Waals surface area contributed by atoms with Crippen molar-refractivity contribution in [1.29, 1.82) is 0 Å². The fraction of sp³-hybridized carbons (Fsp3) is 0.300. The van der Waals surface area contributed by atoms with Gasteiger partial charge < -0.3 is 19.9 Å². The molecule has 29 heavy (non-hydrogen) atoms. The predicted octanol–water partition coefficient (Wildman–Crippen LogP) is 4.32. The summed E-state index contributed by atoms with van der Waals surface area (Å²) >= 11 is 5.91. The Hall–Kier alpha value is -2.87. The second-order valence-electron chi connectivity index (χ2n) is 6.45. The van der Waals surface area contributed by atoms with Gasteiger partial charge in [0.05, 0.1) is 5.02 Å². The van der Waals surface area contributed by atoms with E-state index in [1.807, 2.05) is 18.2 Å². The van der Waals surface area contributed by atoms with Gasteiger partial charge in [-0.1, -0.05) is 29.8 Å². The van der Waals surface area contributed by atoms with Crippen molar-refractivity contribution in [3.63, 3.8) is 0 Å². The lowest BCUT2D eigenvalue weighted by atomic mass is 10.2. The van der Waals surface area contributed by atoms with Gasteiger partial charge in [0.15, 0.2) is 0 Å². The Bertz CT molecular complexity index is 867. The van der Waals surface area contributed by atoms with E-state index in [9.17, 15) is 18.4 Å². The summed E-state index contributed by atoms with van der Waals surface area (Å²) in [6.07, 6.45) is 0.647. The Morgan fingerprint density at radius 3 is 2.38 bits per heavy atom. The number of urea groups is 1. The number of anilines is 1. The number of rotatable bonds is 4. The molecule has 3 rings (SSSR count). The first-order chi connectivity index (χ1) is 13.9. The number of nitrogens with one attached hydrogen (secondary N) is 1. The average molecular weight is 424 g/mol. The molecule has 0 atom stereocenters. The zero-order valence-electron chi connectivity index (χ0n) is 15.5. The van der Waals surface area contributed by atoms with Crippen molar-refractivity contribution in [2.24, 2.45) is 0 Å². The van der Waals surface area contributed by atoms with Crippen molar-refractivity contribution in [2.75, 3.05) is 31.5 Å². The Labute approximate surface area is 172 Å². The molecular formula is C20H20ClF2N3O3. The number of ether oxygens (including phenoxy) is 1. The van der Waals surface area contributed by atoms with E-state index in [1.54, 1.807) is 21.9 Å². The highest BCUT2D eigenvalue weighted by molar-refractivity contribution is 6.32. The van der Waals surface area contributed by atoms with E-state index < -0.39 is 6.61 Å². The van der Waals surface area contributed by atoms with E-state index in [0.29, 0.717) is 43.9 Å². The van der Waals surface area contributed by atoms with Crippen molar-refractivity contribution in [2.45, 2.75) is 13.0 Å². The van der Waals surface area contributed by atoms with Gasteiger partial charge in [0.25, 0.3) is 5.91 Å². The molecule has 0 unspecified atom stereocenters. The van der Waals surface area contributed by atoms with Crippen LogP contribution in [0.15, 0.2) is 48.5 Å². The third-order valence-electron chi connectivity index (χ3n) is 4.49. The second-order valence-corrected chi connectivity index (χ2v) is 6.86. The molecule has 154 valence electrons. The highest BCUT2D eigenvalue weighted by Gasteiger charge is 2.23. The van der Waals surface area contributed by atoms with Gasteiger partial charge in [-0.15, -0.1) is 0 Å². The zero-order valence-corrected chi connectivity index (χ0v) is 16.2. The molecule has 1 aliphatic rings. The number of nitrogens with zero attached hydrogens (tertiary/aromatic N) is 2. The van der Waals surface area contributed by atoms with Gasteiger partial charge >= 0.3 is 12.6 Å². The van der Waals surface area contributed by atoms with E-state index in [4.69, 9.17) is 11.6 Å². The summed E-state index contributed by atoms with van der Waals surface area (Å²) in [4.78, 5) is 28.5. The largest absolute Gasteiger partial charge is 0.433 e.